The monoisotopic (exact) mass is 429 g/mol. The van der Waals surface area contributed by atoms with Crippen LogP contribution in [0.25, 0.3) is 32.9 Å². The van der Waals surface area contributed by atoms with Crippen LogP contribution in [0.5, 0.6) is 5.75 Å². The molecule has 0 radical (unpaired) electrons. The molecule has 2 atom stereocenters. The number of benzene rings is 2. The van der Waals surface area contributed by atoms with Crippen LogP contribution in [0, 0.1) is 5.82 Å². The number of halogens is 1. The van der Waals surface area contributed by atoms with Gasteiger partial charge in [-0.3, -0.25) is 4.98 Å². The van der Waals surface area contributed by atoms with E-state index in [4.69, 9.17) is 4.98 Å². The van der Waals surface area contributed by atoms with Crippen molar-refractivity contribution in [2.24, 2.45) is 0 Å². The highest BCUT2D eigenvalue weighted by atomic mass is 19.1. The molecule has 2 unspecified atom stereocenters. The first-order valence-electron chi connectivity index (χ1n) is 11.2. The van der Waals surface area contributed by atoms with Gasteiger partial charge in [0.1, 0.15) is 28.6 Å². The molecule has 6 nitrogen and oxygen atoms in total. The van der Waals surface area contributed by atoms with Gasteiger partial charge in [0.15, 0.2) is 5.82 Å². The number of phenols is 1. The summed E-state index contributed by atoms with van der Waals surface area (Å²) in [5, 5.41) is 16.2. The molecule has 2 aliphatic rings. The maximum absolute atomic E-state index is 16.0. The molecule has 6 rings (SSSR count). The molecule has 2 bridgehead atoms. The van der Waals surface area contributed by atoms with Crippen molar-refractivity contribution in [2.75, 3.05) is 18.0 Å². The summed E-state index contributed by atoms with van der Waals surface area (Å²) in [6.45, 7) is 3.69. The number of nitrogens with one attached hydrogen (secondary N) is 1. The molecule has 2 saturated heterocycles. The van der Waals surface area contributed by atoms with Crippen molar-refractivity contribution in [2.45, 2.75) is 38.3 Å². The highest BCUT2D eigenvalue weighted by Gasteiger charge is 2.34. The largest absolute Gasteiger partial charge is 0.508 e. The van der Waals surface area contributed by atoms with Gasteiger partial charge in [0.25, 0.3) is 0 Å². The second-order valence-corrected chi connectivity index (χ2v) is 8.76. The van der Waals surface area contributed by atoms with Gasteiger partial charge in [-0.15, -0.1) is 0 Å². The number of aryl methyl sites for hydroxylation is 1. The molecule has 4 aromatic rings. The molecular weight excluding hydrogens is 405 g/mol. The Morgan fingerprint density at radius 3 is 2.66 bits per heavy atom. The molecular formula is C25H24FN5O. The van der Waals surface area contributed by atoms with E-state index in [9.17, 15) is 5.11 Å². The number of anilines is 1. The lowest BCUT2D eigenvalue weighted by Crippen LogP contribution is -2.51. The average Bonchev–Trinajstić information content (AvgIpc) is 3.15. The second-order valence-electron chi connectivity index (χ2n) is 8.76. The van der Waals surface area contributed by atoms with Crippen molar-refractivity contribution >= 4 is 27.5 Å². The van der Waals surface area contributed by atoms with Crippen molar-refractivity contribution in [3.05, 3.63) is 54.2 Å². The van der Waals surface area contributed by atoms with Crippen molar-refractivity contribution in [3.8, 4) is 17.0 Å². The summed E-state index contributed by atoms with van der Waals surface area (Å²) >= 11 is 0. The van der Waals surface area contributed by atoms with Crippen molar-refractivity contribution in [3.63, 3.8) is 0 Å². The first kappa shape index (κ1) is 19.4. The van der Waals surface area contributed by atoms with E-state index >= 15 is 4.39 Å². The maximum atomic E-state index is 16.0. The number of hydrogen-bond acceptors (Lipinski definition) is 6. The van der Waals surface area contributed by atoms with Crippen molar-refractivity contribution in [1.82, 2.24) is 20.3 Å². The van der Waals surface area contributed by atoms with Gasteiger partial charge in [0.2, 0.25) is 0 Å². The first-order chi connectivity index (χ1) is 15.6. The summed E-state index contributed by atoms with van der Waals surface area (Å²) in [6, 6.07) is 11.7. The van der Waals surface area contributed by atoms with Crippen LogP contribution in [-0.2, 0) is 6.42 Å². The third-order valence-corrected chi connectivity index (χ3v) is 6.64. The van der Waals surface area contributed by atoms with E-state index < -0.39 is 5.82 Å². The van der Waals surface area contributed by atoms with Crippen LogP contribution in [0.2, 0.25) is 0 Å². The summed E-state index contributed by atoms with van der Waals surface area (Å²) < 4.78 is 16.0. The topological polar surface area (TPSA) is 74.2 Å². The number of hydrogen-bond donors (Lipinski definition) is 2. The number of phenolic OH excluding ortho intramolecular Hbond substituents is 1. The number of nitrogens with zero attached hydrogens (tertiary/aromatic N) is 4. The molecule has 32 heavy (non-hydrogen) atoms. The average molecular weight is 429 g/mol. The summed E-state index contributed by atoms with van der Waals surface area (Å²) in [5.41, 5.74) is 1.03. The van der Waals surface area contributed by atoms with Gasteiger partial charge in [-0.2, -0.15) is 0 Å². The molecule has 2 fully saturated rings. The van der Waals surface area contributed by atoms with Gasteiger partial charge in [0.05, 0.1) is 5.39 Å². The van der Waals surface area contributed by atoms with Crippen LogP contribution in [0.1, 0.15) is 25.6 Å². The normalized spacial score (nSPS) is 20.4. The van der Waals surface area contributed by atoms with Crippen LogP contribution >= 0.6 is 0 Å². The van der Waals surface area contributed by atoms with Crippen LogP contribution in [0.15, 0.2) is 42.6 Å². The molecule has 7 heteroatoms. The van der Waals surface area contributed by atoms with E-state index in [0.29, 0.717) is 35.3 Å². The Labute approximate surface area is 185 Å². The van der Waals surface area contributed by atoms with Crippen molar-refractivity contribution < 1.29 is 9.50 Å². The SMILES string of the molecule is CCc1nc(N2CC3CCC(C2)N3)c2cnc(-c3cc(O)cc4ccccc34)c(F)c2n1. The molecule has 2 aromatic heterocycles. The van der Waals surface area contributed by atoms with Gasteiger partial charge in [-0.25, -0.2) is 14.4 Å². The standard InChI is InChI=1S/C25H24FN5O/c1-2-21-29-24-20(25(30-21)31-12-15-7-8-16(13-31)28-15)11-27-23(22(24)26)19-10-17(32)9-14-5-3-4-6-18(14)19/h3-6,9-11,15-16,28,32H,2,7-8,12-13H2,1H3. The molecule has 2 N–H and O–H groups in total. The van der Waals surface area contributed by atoms with Crippen LogP contribution in [0.4, 0.5) is 10.2 Å². The van der Waals surface area contributed by atoms with Gasteiger partial charge < -0.3 is 15.3 Å². The van der Waals surface area contributed by atoms with Gasteiger partial charge >= 0.3 is 0 Å². The molecule has 0 aliphatic carbocycles. The summed E-state index contributed by atoms with van der Waals surface area (Å²) in [7, 11) is 0. The first-order valence-corrected chi connectivity index (χ1v) is 11.2. The predicted molar refractivity (Wildman–Crippen MR) is 123 cm³/mol. The second kappa shape index (κ2) is 7.38. The van der Waals surface area contributed by atoms with E-state index in [1.54, 1.807) is 18.3 Å². The lowest BCUT2D eigenvalue weighted by molar-refractivity contribution is 0.464. The fourth-order valence-electron chi connectivity index (χ4n) is 5.13. The lowest BCUT2D eigenvalue weighted by atomic mass is 10.00. The van der Waals surface area contributed by atoms with Crippen molar-refractivity contribution in [1.29, 1.82) is 0 Å². The minimum Gasteiger partial charge on any atom is -0.508 e. The van der Waals surface area contributed by atoms with E-state index in [0.717, 1.165) is 42.5 Å². The molecule has 0 amide bonds. The zero-order chi connectivity index (χ0) is 21.8. The van der Waals surface area contributed by atoms with Crippen LogP contribution < -0.4 is 10.2 Å². The quantitative estimate of drug-likeness (QED) is 0.509. The van der Waals surface area contributed by atoms with E-state index in [-0.39, 0.29) is 17.0 Å². The molecule has 162 valence electrons. The maximum Gasteiger partial charge on any atom is 0.175 e. The zero-order valence-electron chi connectivity index (χ0n) is 17.8. The minimum atomic E-state index is -0.477. The predicted octanol–water partition coefficient (Wildman–Crippen LogP) is 4.19. The summed E-state index contributed by atoms with van der Waals surface area (Å²) in [4.78, 5) is 16.1. The van der Waals surface area contributed by atoms with E-state index in [2.05, 4.69) is 20.2 Å². The lowest BCUT2D eigenvalue weighted by Gasteiger charge is -2.34. The van der Waals surface area contributed by atoms with Gasteiger partial charge in [0, 0.05) is 43.4 Å². The third-order valence-electron chi connectivity index (χ3n) is 6.64. The Balaban J connectivity index is 1.56. The Morgan fingerprint density at radius 1 is 1.09 bits per heavy atom. The Kier molecular flexibility index (Phi) is 4.47. The highest BCUT2D eigenvalue weighted by molar-refractivity contribution is 5.99. The Hall–Kier alpha value is -3.32. The third kappa shape index (κ3) is 3.07. The van der Waals surface area contributed by atoms with E-state index in [1.165, 1.54) is 0 Å². The number of fused-ring (bicyclic) bond motifs is 4. The number of aromatic hydroxyl groups is 1. The fraction of sp³-hybridized carbons (Fsp3) is 0.320. The highest BCUT2D eigenvalue weighted by Crippen LogP contribution is 2.36. The molecule has 0 saturated carbocycles. The van der Waals surface area contributed by atoms with Crippen LogP contribution in [0.3, 0.4) is 0 Å². The zero-order valence-corrected chi connectivity index (χ0v) is 17.8. The smallest absolute Gasteiger partial charge is 0.175 e. The number of piperazine rings is 1. The molecule has 0 spiro atoms. The molecule has 2 aliphatic heterocycles. The molecule has 2 aromatic carbocycles. The number of rotatable bonds is 3. The number of aromatic nitrogens is 3. The van der Waals surface area contributed by atoms with Gasteiger partial charge in [-0.05, 0) is 35.7 Å². The van der Waals surface area contributed by atoms with Gasteiger partial charge in [-0.1, -0.05) is 31.2 Å². The Morgan fingerprint density at radius 2 is 1.88 bits per heavy atom. The van der Waals surface area contributed by atoms with E-state index in [1.807, 2.05) is 31.2 Å². The minimum absolute atomic E-state index is 0.0777. The summed E-state index contributed by atoms with van der Waals surface area (Å²) in [6.07, 6.45) is 4.62. The van der Waals surface area contributed by atoms with Crippen LogP contribution in [-0.4, -0.2) is 45.2 Å². The number of pyridine rings is 1. The fourth-order valence-corrected chi connectivity index (χ4v) is 5.13. The summed E-state index contributed by atoms with van der Waals surface area (Å²) in [5.74, 6) is 0.989. The Bertz CT molecular complexity index is 1350. The molecule has 4 heterocycles.